The van der Waals surface area contributed by atoms with Crippen molar-refractivity contribution in [3.8, 4) is 0 Å². The van der Waals surface area contributed by atoms with Crippen molar-refractivity contribution in [1.82, 2.24) is 5.32 Å². The molecule has 3 rings (SSSR count). The number of fused-ring (bicyclic) bond motifs is 1. The Morgan fingerprint density at radius 2 is 1.95 bits per heavy atom. The number of aliphatic carboxylic acids is 1. The number of amides is 1. The van der Waals surface area contributed by atoms with Crippen LogP contribution in [0.2, 0.25) is 0 Å². The Morgan fingerprint density at radius 1 is 1.29 bits per heavy atom. The summed E-state index contributed by atoms with van der Waals surface area (Å²) in [4.78, 5) is 23.1. The van der Waals surface area contributed by atoms with Crippen LogP contribution in [-0.4, -0.2) is 22.5 Å². The van der Waals surface area contributed by atoms with Crippen molar-refractivity contribution in [3.05, 3.63) is 35.1 Å². The topological polar surface area (TPSA) is 79.5 Å². The summed E-state index contributed by atoms with van der Waals surface area (Å²) in [7, 11) is 0. The molecular weight excluding hydrogens is 270 g/mol. The average Bonchev–Trinajstić information content (AvgIpc) is 3.10. The van der Waals surface area contributed by atoms with Crippen LogP contribution in [0.1, 0.15) is 29.5 Å². The highest BCUT2D eigenvalue weighted by molar-refractivity contribution is 5.93. The molecule has 0 spiro atoms. The van der Waals surface area contributed by atoms with Crippen LogP contribution in [0.25, 0.3) is 11.0 Å². The zero-order chi connectivity index (χ0) is 15.2. The number of nitrogens with one attached hydrogen (secondary N) is 1. The van der Waals surface area contributed by atoms with Gasteiger partial charge in [0, 0.05) is 10.9 Å². The number of hydrogen-bond acceptors (Lipinski definition) is 3. The van der Waals surface area contributed by atoms with Gasteiger partial charge in [-0.3, -0.25) is 4.79 Å². The number of carbonyl (C=O) groups excluding carboxylic acids is 1. The molecule has 5 nitrogen and oxygen atoms in total. The molecule has 0 saturated heterocycles. The van der Waals surface area contributed by atoms with E-state index in [1.807, 2.05) is 26.0 Å². The van der Waals surface area contributed by atoms with Gasteiger partial charge in [-0.15, -0.1) is 0 Å². The second-order valence-electron chi connectivity index (χ2n) is 5.81. The van der Waals surface area contributed by atoms with Crippen molar-refractivity contribution in [3.63, 3.8) is 0 Å². The quantitative estimate of drug-likeness (QED) is 0.904. The Morgan fingerprint density at radius 3 is 2.57 bits per heavy atom. The number of aryl methyl sites for hydroxylation is 2. The van der Waals surface area contributed by atoms with E-state index in [1.165, 1.54) is 0 Å². The van der Waals surface area contributed by atoms with Gasteiger partial charge in [-0.05, 0) is 49.9 Å². The predicted octanol–water partition coefficient (Wildman–Crippen LogP) is 2.33. The maximum absolute atomic E-state index is 12.0. The third kappa shape index (κ3) is 2.39. The van der Waals surface area contributed by atoms with Gasteiger partial charge in [-0.1, -0.05) is 0 Å². The molecule has 1 amide bonds. The molecule has 0 aliphatic heterocycles. The van der Waals surface area contributed by atoms with Crippen molar-refractivity contribution in [1.29, 1.82) is 0 Å². The van der Waals surface area contributed by atoms with Crippen LogP contribution in [0.5, 0.6) is 0 Å². The number of carboxylic acids is 1. The first kappa shape index (κ1) is 13.7. The summed E-state index contributed by atoms with van der Waals surface area (Å²) in [5.41, 5.74) is 2.76. The standard InChI is InChI=1S/C16H17NO4/c1-9-5-12-11(8-21-13(12)6-10(9)2)7-14(18)17-16(3-4-16)15(19)20/h5-6,8H,3-4,7H2,1-2H3,(H,17,18)(H,19,20). The highest BCUT2D eigenvalue weighted by Crippen LogP contribution is 2.35. The maximum atomic E-state index is 12.0. The number of carboxylic acid groups (broad SMARTS) is 1. The van der Waals surface area contributed by atoms with Gasteiger partial charge in [0.25, 0.3) is 0 Å². The molecule has 1 aliphatic rings. The van der Waals surface area contributed by atoms with Crippen LogP contribution >= 0.6 is 0 Å². The zero-order valence-electron chi connectivity index (χ0n) is 12.0. The molecule has 1 aromatic carbocycles. The highest BCUT2D eigenvalue weighted by atomic mass is 16.4. The lowest BCUT2D eigenvalue weighted by molar-refractivity contribution is -0.143. The normalized spacial score (nSPS) is 15.9. The van der Waals surface area contributed by atoms with E-state index in [0.29, 0.717) is 12.8 Å². The van der Waals surface area contributed by atoms with Gasteiger partial charge in [-0.25, -0.2) is 4.79 Å². The molecule has 0 atom stereocenters. The van der Waals surface area contributed by atoms with E-state index in [-0.39, 0.29) is 12.3 Å². The molecule has 21 heavy (non-hydrogen) atoms. The lowest BCUT2D eigenvalue weighted by Crippen LogP contribution is -2.43. The number of rotatable bonds is 4. The Labute approximate surface area is 121 Å². The summed E-state index contributed by atoms with van der Waals surface area (Å²) >= 11 is 0. The van der Waals surface area contributed by atoms with Gasteiger partial charge in [0.05, 0.1) is 12.7 Å². The van der Waals surface area contributed by atoms with Crippen molar-refractivity contribution in [2.24, 2.45) is 0 Å². The molecule has 1 fully saturated rings. The largest absolute Gasteiger partial charge is 0.480 e. The fourth-order valence-electron chi connectivity index (χ4n) is 2.47. The minimum absolute atomic E-state index is 0.129. The van der Waals surface area contributed by atoms with Crippen molar-refractivity contribution < 1.29 is 19.1 Å². The molecule has 1 saturated carbocycles. The third-order valence-corrected chi connectivity index (χ3v) is 4.16. The van der Waals surface area contributed by atoms with Gasteiger partial charge < -0.3 is 14.8 Å². The second kappa shape index (κ2) is 4.62. The smallest absolute Gasteiger partial charge is 0.329 e. The minimum Gasteiger partial charge on any atom is -0.480 e. The van der Waals surface area contributed by atoms with Crippen molar-refractivity contribution >= 4 is 22.8 Å². The van der Waals surface area contributed by atoms with E-state index in [0.717, 1.165) is 27.7 Å². The van der Waals surface area contributed by atoms with Crippen LogP contribution in [0.15, 0.2) is 22.8 Å². The molecule has 1 aromatic heterocycles. The number of carbonyl (C=O) groups is 2. The lowest BCUT2D eigenvalue weighted by Gasteiger charge is -2.11. The summed E-state index contributed by atoms with van der Waals surface area (Å²) in [6.07, 6.45) is 2.70. The Balaban J connectivity index is 1.80. The van der Waals surface area contributed by atoms with Gasteiger partial charge in [0.1, 0.15) is 11.1 Å². The molecule has 2 aromatic rings. The molecule has 5 heteroatoms. The van der Waals surface area contributed by atoms with E-state index in [4.69, 9.17) is 9.52 Å². The van der Waals surface area contributed by atoms with E-state index in [9.17, 15) is 9.59 Å². The van der Waals surface area contributed by atoms with Crippen molar-refractivity contribution in [2.75, 3.05) is 0 Å². The summed E-state index contributed by atoms with van der Waals surface area (Å²) in [6.45, 7) is 4.02. The number of furan rings is 1. The van der Waals surface area contributed by atoms with Gasteiger partial charge in [0.2, 0.25) is 5.91 Å². The Bertz CT molecular complexity index is 740. The minimum atomic E-state index is -1.04. The first-order valence-electron chi connectivity index (χ1n) is 6.93. The molecule has 110 valence electrons. The number of hydrogen-bond donors (Lipinski definition) is 2. The molecule has 0 unspecified atom stereocenters. The van der Waals surface area contributed by atoms with E-state index >= 15 is 0 Å². The molecular formula is C16H17NO4. The molecule has 2 N–H and O–H groups in total. The molecule has 0 bridgehead atoms. The predicted molar refractivity (Wildman–Crippen MR) is 77.1 cm³/mol. The Hall–Kier alpha value is -2.30. The summed E-state index contributed by atoms with van der Waals surface area (Å²) in [5.74, 6) is -1.24. The molecule has 0 radical (unpaired) electrons. The second-order valence-corrected chi connectivity index (χ2v) is 5.81. The monoisotopic (exact) mass is 287 g/mol. The molecule has 1 heterocycles. The van der Waals surface area contributed by atoms with E-state index in [1.54, 1.807) is 6.26 Å². The lowest BCUT2D eigenvalue weighted by atomic mass is 10.0. The van der Waals surface area contributed by atoms with Gasteiger partial charge in [0.15, 0.2) is 0 Å². The third-order valence-electron chi connectivity index (χ3n) is 4.16. The fourth-order valence-corrected chi connectivity index (χ4v) is 2.47. The van der Waals surface area contributed by atoms with Crippen molar-refractivity contribution in [2.45, 2.75) is 38.6 Å². The number of benzene rings is 1. The van der Waals surface area contributed by atoms with E-state index in [2.05, 4.69) is 5.32 Å². The van der Waals surface area contributed by atoms with Crippen LogP contribution in [0.4, 0.5) is 0 Å². The van der Waals surface area contributed by atoms with Gasteiger partial charge in [-0.2, -0.15) is 0 Å². The maximum Gasteiger partial charge on any atom is 0.329 e. The fraction of sp³-hybridized carbons (Fsp3) is 0.375. The van der Waals surface area contributed by atoms with Crippen LogP contribution < -0.4 is 5.32 Å². The van der Waals surface area contributed by atoms with Crippen LogP contribution in [0, 0.1) is 13.8 Å². The van der Waals surface area contributed by atoms with Crippen LogP contribution in [-0.2, 0) is 16.0 Å². The molecule has 1 aliphatic carbocycles. The van der Waals surface area contributed by atoms with E-state index < -0.39 is 11.5 Å². The highest BCUT2D eigenvalue weighted by Gasteiger charge is 2.51. The average molecular weight is 287 g/mol. The first-order chi connectivity index (χ1) is 9.91. The summed E-state index contributed by atoms with van der Waals surface area (Å²) < 4.78 is 5.48. The summed E-state index contributed by atoms with van der Waals surface area (Å²) in [6, 6.07) is 3.95. The van der Waals surface area contributed by atoms with Gasteiger partial charge >= 0.3 is 5.97 Å². The SMILES string of the molecule is Cc1cc2occ(CC(=O)NC3(C(=O)O)CC3)c2cc1C. The Kier molecular flexibility index (Phi) is 3.01. The first-order valence-corrected chi connectivity index (χ1v) is 6.93. The summed E-state index contributed by atoms with van der Waals surface area (Å²) in [5, 5.41) is 12.6. The van der Waals surface area contributed by atoms with Crippen LogP contribution in [0.3, 0.4) is 0 Å². The zero-order valence-corrected chi connectivity index (χ0v) is 12.0.